The molecule has 128 valence electrons. The Balaban J connectivity index is 1.68. The normalized spacial score (nSPS) is 16.8. The topological polar surface area (TPSA) is 92.5 Å². The van der Waals surface area contributed by atoms with E-state index in [2.05, 4.69) is 21.2 Å². The maximum absolute atomic E-state index is 12.4. The molecule has 0 saturated carbocycles. The predicted octanol–water partition coefficient (Wildman–Crippen LogP) is 2.54. The van der Waals surface area contributed by atoms with E-state index in [-0.39, 0.29) is 18.2 Å². The number of carbonyl (C=O) groups excluding carboxylic acids is 3. The Labute approximate surface area is 153 Å². The molecule has 2 aromatic carbocycles. The van der Waals surface area contributed by atoms with Crippen molar-refractivity contribution in [2.45, 2.75) is 6.42 Å². The zero-order valence-electron chi connectivity index (χ0n) is 13.2. The molecule has 1 aliphatic heterocycles. The standard InChI is InChI=1S/C18H16BrN3O3/c19-14-3-1-2-4-15(14)22-10-12(9-16(22)23)18(25)21-13-7-5-11(6-8-13)17(20)24/h1-8,12H,9-10H2,(H2,20,24)(H,21,25)/t12-/m1/s1. The van der Waals surface area contributed by atoms with E-state index in [1.807, 2.05) is 24.3 Å². The molecule has 1 aliphatic rings. The number of amides is 3. The summed E-state index contributed by atoms with van der Waals surface area (Å²) >= 11 is 3.43. The number of nitrogens with one attached hydrogen (secondary N) is 1. The Bertz CT molecular complexity index is 836. The fraction of sp³-hybridized carbons (Fsp3) is 0.167. The number of nitrogens with zero attached hydrogens (tertiary/aromatic N) is 1. The van der Waals surface area contributed by atoms with E-state index in [4.69, 9.17) is 5.73 Å². The summed E-state index contributed by atoms with van der Waals surface area (Å²) in [6, 6.07) is 13.7. The highest BCUT2D eigenvalue weighted by Crippen LogP contribution is 2.31. The molecule has 0 aliphatic carbocycles. The third-order valence-corrected chi connectivity index (χ3v) is 4.75. The smallest absolute Gasteiger partial charge is 0.248 e. The van der Waals surface area contributed by atoms with Crippen LogP contribution >= 0.6 is 15.9 Å². The summed E-state index contributed by atoms with van der Waals surface area (Å²) in [5.74, 6) is -1.27. The monoisotopic (exact) mass is 401 g/mol. The average Bonchev–Trinajstić information content (AvgIpc) is 2.97. The maximum atomic E-state index is 12.4. The van der Waals surface area contributed by atoms with Crippen LogP contribution in [0.15, 0.2) is 53.0 Å². The summed E-state index contributed by atoms with van der Waals surface area (Å²) in [5.41, 5.74) is 6.87. The largest absolute Gasteiger partial charge is 0.366 e. The molecule has 2 aromatic rings. The molecule has 6 nitrogen and oxygen atoms in total. The van der Waals surface area contributed by atoms with Crippen LogP contribution in [0.25, 0.3) is 0 Å². The molecule has 0 spiro atoms. The van der Waals surface area contributed by atoms with Crippen LogP contribution in [0.5, 0.6) is 0 Å². The number of primary amides is 1. The zero-order chi connectivity index (χ0) is 18.0. The molecule has 0 bridgehead atoms. The van der Waals surface area contributed by atoms with E-state index in [0.29, 0.717) is 17.8 Å². The van der Waals surface area contributed by atoms with Crippen LogP contribution in [-0.4, -0.2) is 24.3 Å². The molecule has 1 saturated heterocycles. The molecule has 3 N–H and O–H groups in total. The van der Waals surface area contributed by atoms with Crippen LogP contribution in [-0.2, 0) is 9.59 Å². The van der Waals surface area contributed by atoms with Gasteiger partial charge < -0.3 is 16.0 Å². The van der Waals surface area contributed by atoms with Gasteiger partial charge in [-0.15, -0.1) is 0 Å². The number of hydrogen-bond acceptors (Lipinski definition) is 3. The lowest BCUT2D eigenvalue weighted by Gasteiger charge is -2.18. The molecule has 0 aromatic heterocycles. The molecule has 1 fully saturated rings. The third-order valence-electron chi connectivity index (χ3n) is 4.08. The van der Waals surface area contributed by atoms with Crippen molar-refractivity contribution in [3.63, 3.8) is 0 Å². The lowest BCUT2D eigenvalue weighted by Crippen LogP contribution is -2.28. The third kappa shape index (κ3) is 3.71. The summed E-state index contributed by atoms with van der Waals surface area (Å²) in [4.78, 5) is 37.4. The summed E-state index contributed by atoms with van der Waals surface area (Å²) in [5, 5.41) is 2.78. The second-order valence-electron chi connectivity index (χ2n) is 5.79. The quantitative estimate of drug-likeness (QED) is 0.823. The van der Waals surface area contributed by atoms with Gasteiger partial charge in [-0.05, 0) is 52.3 Å². The van der Waals surface area contributed by atoms with E-state index in [1.54, 1.807) is 29.2 Å². The van der Waals surface area contributed by atoms with Crippen molar-refractivity contribution >= 4 is 45.0 Å². The molecule has 0 radical (unpaired) electrons. The number of anilines is 2. The summed E-state index contributed by atoms with van der Waals surface area (Å²) in [7, 11) is 0. The molecule has 1 heterocycles. The SMILES string of the molecule is NC(=O)c1ccc(NC(=O)[C@@H]2CC(=O)N(c3ccccc3Br)C2)cc1. The lowest BCUT2D eigenvalue weighted by atomic mass is 10.1. The van der Waals surface area contributed by atoms with Gasteiger partial charge in [0.2, 0.25) is 17.7 Å². The fourth-order valence-corrected chi connectivity index (χ4v) is 3.25. The predicted molar refractivity (Wildman–Crippen MR) is 98.2 cm³/mol. The second-order valence-corrected chi connectivity index (χ2v) is 6.64. The highest BCUT2D eigenvalue weighted by Gasteiger charge is 2.35. The molecule has 7 heteroatoms. The molecular formula is C18H16BrN3O3. The van der Waals surface area contributed by atoms with E-state index in [1.165, 1.54) is 0 Å². The van der Waals surface area contributed by atoms with E-state index in [0.717, 1.165) is 10.2 Å². The minimum absolute atomic E-state index is 0.0869. The van der Waals surface area contributed by atoms with Crippen LogP contribution in [0.1, 0.15) is 16.8 Å². The van der Waals surface area contributed by atoms with Gasteiger partial charge in [-0.2, -0.15) is 0 Å². The van der Waals surface area contributed by atoms with Gasteiger partial charge >= 0.3 is 0 Å². The number of benzene rings is 2. The van der Waals surface area contributed by atoms with Gasteiger partial charge in [-0.25, -0.2) is 0 Å². The van der Waals surface area contributed by atoms with Crippen LogP contribution in [0, 0.1) is 5.92 Å². The van der Waals surface area contributed by atoms with Crippen LogP contribution in [0.4, 0.5) is 11.4 Å². The van der Waals surface area contributed by atoms with E-state index in [9.17, 15) is 14.4 Å². The Morgan fingerprint density at radius 3 is 2.44 bits per heavy atom. The van der Waals surface area contributed by atoms with Crippen LogP contribution < -0.4 is 16.0 Å². The van der Waals surface area contributed by atoms with Crippen molar-refractivity contribution in [2.24, 2.45) is 11.7 Å². The molecule has 3 rings (SSSR count). The molecule has 1 atom stereocenters. The van der Waals surface area contributed by atoms with Gasteiger partial charge in [0.05, 0.1) is 11.6 Å². The zero-order valence-corrected chi connectivity index (χ0v) is 14.8. The van der Waals surface area contributed by atoms with Gasteiger partial charge in [0.25, 0.3) is 0 Å². The van der Waals surface area contributed by atoms with Crippen LogP contribution in [0.3, 0.4) is 0 Å². The van der Waals surface area contributed by atoms with Gasteiger partial charge in [-0.3, -0.25) is 14.4 Å². The van der Waals surface area contributed by atoms with Gasteiger partial charge in [0, 0.05) is 28.7 Å². The van der Waals surface area contributed by atoms with Gasteiger partial charge in [-0.1, -0.05) is 12.1 Å². The van der Waals surface area contributed by atoms with Crippen molar-refractivity contribution in [3.8, 4) is 0 Å². The van der Waals surface area contributed by atoms with Crippen molar-refractivity contribution in [1.29, 1.82) is 0 Å². The van der Waals surface area contributed by atoms with E-state index < -0.39 is 11.8 Å². The summed E-state index contributed by atoms with van der Waals surface area (Å²) in [6.07, 6.45) is 0.159. The van der Waals surface area contributed by atoms with Gasteiger partial charge in [0.1, 0.15) is 0 Å². The first kappa shape index (κ1) is 17.2. The van der Waals surface area contributed by atoms with Crippen molar-refractivity contribution < 1.29 is 14.4 Å². The van der Waals surface area contributed by atoms with Crippen LogP contribution in [0.2, 0.25) is 0 Å². The average molecular weight is 402 g/mol. The maximum Gasteiger partial charge on any atom is 0.248 e. The number of para-hydroxylation sites is 1. The molecule has 0 unspecified atom stereocenters. The summed E-state index contributed by atoms with van der Waals surface area (Å²) in [6.45, 7) is 0.326. The minimum Gasteiger partial charge on any atom is -0.366 e. The first-order chi connectivity index (χ1) is 12.0. The Kier molecular flexibility index (Phi) is 4.85. The molecule has 25 heavy (non-hydrogen) atoms. The number of carbonyl (C=O) groups is 3. The number of nitrogens with two attached hydrogens (primary N) is 1. The lowest BCUT2D eigenvalue weighted by molar-refractivity contribution is -0.122. The highest BCUT2D eigenvalue weighted by atomic mass is 79.9. The fourth-order valence-electron chi connectivity index (χ4n) is 2.75. The first-order valence-electron chi connectivity index (χ1n) is 7.71. The number of halogens is 1. The number of rotatable bonds is 4. The first-order valence-corrected chi connectivity index (χ1v) is 8.50. The van der Waals surface area contributed by atoms with Crippen molar-refractivity contribution in [1.82, 2.24) is 0 Å². The Morgan fingerprint density at radius 2 is 1.80 bits per heavy atom. The Hall–Kier alpha value is -2.67. The Morgan fingerprint density at radius 1 is 1.12 bits per heavy atom. The highest BCUT2D eigenvalue weighted by molar-refractivity contribution is 9.10. The van der Waals surface area contributed by atoms with E-state index >= 15 is 0 Å². The minimum atomic E-state index is -0.525. The second kappa shape index (κ2) is 7.06. The van der Waals surface area contributed by atoms with Gasteiger partial charge in [0.15, 0.2) is 0 Å². The molecular weight excluding hydrogens is 386 g/mol. The van der Waals surface area contributed by atoms with Crippen molar-refractivity contribution in [3.05, 3.63) is 58.6 Å². The van der Waals surface area contributed by atoms with Crippen molar-refractivity contribution in [2.75, 3.05) is 16.8 Å². The summed E-state index contributed by atoms with van der Waals surface area (Å²) < 4.78 is 0.812. The number of hydrogen-bond donors (Lipinski definition) is 2. The molecule has 3 amide bonds.